The number of nitrogens with zero attached hydrogens (tertiary/aromatic N) is 2. The van der Waals surface area contributed by atoms with Crippen molar-refractivity contribution in [2.45, 2.75) is 37.8 Å². The molecular formula is C30H37N3O4S. The van der Waals surface area contributed by atoms with Crippen LogP contribution in [0, 0.1) is 5.92 Å². The quantitative estimate of drug-likeness (QED) is 0.407. The molecule has 7 nitrogen and oxygen atoms in total. The van der Waals surface area contributed by atoms with Gasteiger partial charge in [0.1, 0.15) is 5.75 Å². The number of carbonyl (C=O) groups excluding carboxylic acids is 1. The summed E-state index contributed by atoms with van der Waals surface area (Å²) >= 11 is 0. The van der Waals surface area contributed by atoms with E-state index in [4.69, 9.17) is 4.74 Å². The average Bonchev–Trinajstić information content (AvgIpc) is 2.93. The Kier molecular flexibility index (Phi) is 9.20. The van der Waals surface area contributed by atoms with Crippen molar-refractivity contribution in [1.82, 2.24) is 14.5 Å². The van der Waals surface area contributed by atoms with Gasteiger partial charge in [0.2, 0.25) is 10.0 Å². The number of methoxy groups -OCH3 is 1. The standard InChI is InChI=1S/C30H37N3O4S/c1-23(2)21-29(25-13-15-27(37-3)16-14-25)31-30(34)26-11-9-24(10-12-26)22-32-17-19-33(20-18-32)38(35,36)28-7-5-4-6-8-28/h4-16,23,29H,17-22H2,1-3H3,(H,31,34)/t29-/m0/s1. The molecule has 4 rings (SSSR count). The highest BCUT2D eigenvalue weighted by Gasteiger charge is 2.28. The number of piperazine rings is 1. The van der Waals surface area contributed by atoms with Crippen molar-refractivity contribution in [1.29, 1.82) is 0 Å². The first-order valence-corrected chi connectivity index (χ1v) is 14.5. The maximum atomic E-state index is 13.1. The number of hydrogen-bond acceptors (Lipinski definition) is 5. The van der Waals surface area contributed by atoms with Gasteiger partial charge in [0.25, 0.3) is 5.91 Å². The van der Waals surface area contributed by atoms with Gasteiger partial charge in [0.05, 0.1) is 18.0 Å². The largest absolute Gasteiger partial charge is 0.497 e. The Labute approximate surface area is 226 Å². The lowest BCUT2D eigenvalue weighted by Crippen LogP contribution is -2.48. The van der Waals surface area contributed by atoms with E-state index >= 15 is 0 Å². The van der Waals surface area contributed by atoms with Crippen molar-refractivity contribution >= 4 is 15.9 Å². The molecule has 0 aromatic heterocycles. The predicted molar refractivity (Wildman–Crippen MR) is 150 cm³/mol. The number of hydrogen-bond donors (Lipinski definition) is 1. The van der Waals surface area contributed by atoms with Gasteiger partial charge < -0.3 is 10.1 Å². The minimum atomic E-state index is -3.46. The molecule has 8 heteroatoms. The highest BCUT2D eigenvalue weighted by Crippen LogP contribution is 2.24. The highest BCUT2D eigenvalue weighted by molar-refractivity contribution is 7.89. The minimum Gasteiger partial charge on any atom is -0.497 e. The molecule has 0 aliphatic carbocycles. The lowest BCUT2D eigenvalue weighted by molar-refractivity contribution is 0.0932. The summed E-state index contributed by atoms with van der Waals surface area (Å²) in [5.74, 6) is 1.11. The minimum absolute atomic E-state index is 0.0865. The lowest BCUT2D eigenvalue weighted by atomic mass is 9.96. The van der Waals surface area contributed by atoms with E-state index in [0.717, 1.165) is 23.3 Å². The van der Waals surface area contributed by atoms with E-state index in [1.54, 1.807) is 35.7 Å². The smallest absolute Gasteiger partial charge is 0.251 e. The van der Waals surface area contributed by atoms with Crippen molar-refractivity contribution in [2.75, 3.05) is 33.3 Å². The first kappa shape index (κ1) is 27.8. The van der Waals surface area contributed by atoms with Crippen molar-refractivity contribution in [2.24, 2.45) is 5.92 Å². The monoisotopic (exact) mass is 535 g/mol. The second-order valence-corrected chi connectivity index (χ2v) is 12.1. The Morgan fingerprint density at radius 3 is 2.11 bits per heavy atom. The Hall–Kier alpha value is -3.20. The molecule has 1 fully saturated rings. The molecule has 202 valence electrons. The molecule has 1 amide bonds. The second-order valence-electron chi connectivity index (χ2n) is 10.1. The normalized spacial score (nSPS) is 15.8. The van der Waals surface area contributed by atoms with Gasteiger partial charge in [-0.25, -0.2) is 8.42 Å². The molecule has 38 heavy (non-hydrogen) atoms. The van der Waals surface area contributed by atoms with Crippen LogP contribution in [0.25, 0.3) is 0 Å². The van der Waals surface area contributed by atoms with Gasteiger partial charge >= 0.3 is 0 Å². The number of rotatable bonds is 10. The number of amides is 1. The fourth-order valence-corrected chi connectivity index (χ4v) is 6.16. The zero-order valence-electron chi connectivity index (χ0n) is 22.3. The SMILES string of the molecule is COc1ccc([C@H](CC(C)C)NC(=O)c2ccc(CN3CCN(S(=O)(=O)c4ccccc4)CC3)cc2)cc1. The van der Waals surface area contributed by atoms with Crippen LogP contribution in [0.1, 0.15) is 47.8 Å². The van der Waals surface area contributed by atoms with Gasteiger partial charge in [-0.15, -0.1) is 0 Å². The van der Waals surface area contributed by atoms with Crippen molar-refractivity contribution in [3.63, 3.8) is 0 Å². The zero-order valence-corrected chi connectivity index (χ0v) is 23.2. The van der Waals surface area contributed by atoms with Crippen LogP contribution in [-0.2, 0) is 16.6 Å². The topological polar surface area (TPSA) is 79.0 Å². The van der Waals surface area contributed by atoms with E-state index in [1.165, 1.54) is 0 Å². The third kappa shape index (κ3) is 7.01. The van der Waals surface area contributed by atoms with Crippen molar-refractivity contribution in [3.05, 3.63) is 95.6 Å². The summed E-state index contributed by atoms with van der Waals surface area (Å²) in [7, 11) is -1.82. The highest BCUT2D eigenvalue weighted by atomic mass is 32.2. The van der Waals surface area contributed by atoms with E-state index < -0.39 is 10.0 Å². The maximum absolute atomic E-state index is 13.1. The molecule has 1 saturated heterocycles. The van der Waals surface area contributed by atoms with E-state index in [9.17, 15) is 13.2 Å². The molecule has 1 aliphatic rings. The molecule has 1 heterocycles. The van der Waals surface area contributed by atoms with Crippen molar-refractivity contribution < 1.29 is 17.9 Å². The average molecular weight is 536 g/mol. The number of benzene rings is 3. The van der Waals surface area contributed by atoms with Crippen LogP contribution < -0.4 is 10.1 Å². The molecule has 0 spiro atoms. The maximum Gasteiger partial charge on any atom is 0.251 e. The molecular weight excluding hydrogens is 498 g/mol. The molecule has 1 aliphatic heterocycles. The summed E-state index contributed by atoms with van der Waals surface area (Å²) in [6.07, 6.45) is 0.835. The van der Waals surface area contributed by atoms with Gasteiger partial charge in [-0.1, -0.05) is 56.3 Å². The van der Waals surface area contributed by atoms with Crippen LogP contribution in [0.4, 0.5) is 0 Å². The number of nitrogens with one attached hydrogen (secondary N) is 1. The molecule has 1 N–H and O–H groups in total. The Balaban J connectivity index is 1.33. The first-order chi connectivity index (χ1) is 18.3. The van der Waals surface area contributed by atoms with Gasteiger partial charge in [-0.05, 0) is 59.9 Å². The molecule has 0 radical (unpaired) electrons. The summed E-state index contributed by atoms with van der Waals surface area (Å²) in [6, 6.07) is 24.0. The van der Waals surface area contributed by atoms with Crippen molar-refractivity contribution in [3.8, 4) is 5.75 Å². The van der Waals surface area contributed by atoms with Crippen LogP contribution in [0.3, 0.4) is 0 Å². The van der Waals surface area contributed by atoms with E-state index in [-0.39, 0.29) is 11.9 Å². The van der Waals surface area contributed by atoms with Gasteiger partial charge in [-0.3, -0.25) is 9.69 Å². The Morgan fingerprint density at radius 1 is 0.895 bits per heavy atom. The second kappa shape index (κ2) is 12.6. The molecule has 3 aromatic rings. The molecule has 0 saturated carbocycles. The van der Waals surface area contributed by atoms with E-state index in [0.29, 0.717) is 49.1 Å². The van der Waals surface area contributed by atoms with Gasteiger partial charge in [-0.2, -0.15) is 4.31 Å². The lowest BCUT2D eigenvalue weighted by Gasteiger charge is -2.34. The van der Waals surface area contributed by atoms with E-state index in [1.807, 2.05) is 54.6 Å². The van der Waals surface area contributed by atoms with Gasteiger partial charge in [0, 0.05) is 38.3 Å². The molecule has 0 unspecified atom stereocenters. The molecule has 3 aromatic carbocycles. The Bertz CT molecular complexity index is 1290. The third-order valence-electron chi connectivity index (χ3n) is 6.87. The molecule has 0 bridgehead atoms. The van der Waals surface area contributed by atoms with E-state index in [2.05, 4.69) is 24.1 Å². The van der Waals surface area contributed by atoms with Gasteiger partial charge in [0.15, 0.2) is 0 Å². The summed E-state index contributed by atoms with van der Waals surface area (Å²) in [5, 5.41) is 3.20. The van der Waals surface area contributed by atoms with Crippen LogP contribution >= 0.6 is 0 Å². The Morgan fingerprint density at radius 2 is 1.53 bits per heavy atom. The summed E-state index contributed by atoms with van der Waals surface area (Å²) in [5.41, 5.74) is 2.77. The summed E-state index contributed by atoms with van der Waals surface area (Å²) in [4.78, 5) is 15.7. The van der Waals surface area contributed by atoms with Crippen LogP contribution in [0.5, 0.6) is 5.75 Å². The predicted octanol–water partition coefficient (Wildman–Crippen LogP) is 4.72. The number of carbonyl (C=O) groups is 1. The third-order valence-corrected chi connectivity index (χ3v) is 8.78. The van der Waals surface area contributed by atoms with Crippen LogP contribution in [0.2, 0.25) is 0 Å². The summed E-state index contributed by atoms with van der Waals surface area (Å²) < 4.78 is 32.6. The van der Waals surface area contributed by atoms with Crippen LogP contribution in [-0.4, -0.2) is 56.8 Å². The first-order valence-electron chi connectivity index (χ1n) is 13.1. The number of ether oxygens (including phenoxy) is 1. The fraction of sp³-hybridized carbons (Fsp3) is 0.367. The zero-order chi connectivity index (χ0) is 27.1. The summed E-state index contributed by atoms with van der Waals surface area (Å²) in [6.45, 7) is 7.24. The molecule has 1 atom stereocenters. The van der Waals surface area contributed by atoms with Crippen LogP contribution in [0.15, 0.2) is 83.8 Å². The number of sulfonamides is 1. The fourth-order valence-electron chi connectivity index (χ4n) is 4.72.